The summed E-state index contributed by atoms with van der Waals surface area (Å²) in [6, 6.07) is 15.1. The fraction of sp³-hybridized carbons (Fsp3) is 0.0870. The van der Waals surface area contributed by atoms with Gasteiger partial charge in [0.1, 0.15) is 5.82 Å². The molecule has 6 rings (SSSR count). The van der Waals surface area contributed by atoms with Crippen molar-refractivity contribution in [3.63, 3.8) is 0 Å². The van der Waals surface area contributed by atoms with Crippen LogP contribution in [0, 0.1) is 0 Å². The quantitative estimate of drug-likeness (QED) is 0.461. The highest BCUT2D eigenvalue weighted by atomic mass is 16.2. The molecule has 1 aliphatic heterocycles. The number of rotatable bonds is 1. The van der Waals surface area contributed by atoms with Crippen molar-refractivity contribution in [1.29, 1.82) is 0 Å². The molecule has 0 amide bonds. The molecule has 7 heteroatoms. The maximum absolute atomic E-state index is 13.5. The third kappa shape index (κ3) is 2.01. The van der Waals surface area contributed by atoms with E-state index in [4.69, 9.17) is 0 Å². The van der Waals surface area contributed by atoms with E-state index in [1.807, 2.05) is 48.7 Å². The Hall–Kier alpha value is -4.13. The van der Waals surface area contributed by atoms with Gasteiger partial charge in [-0.2, -0.15) is 0 Å². The van der Waals surface area contributed by atoms with Gasteiger partial charge in [0, 0.05) is 40.8 Å². The smallest absolute Gasteiger partial charge is 0.329 e. The molecule has 0 unspecified atom stereocenters. The number of carbonyl (C=O) groups is 1. The highest BCUT2D eigenvalue weighted by molar-refractivity contribution is 6.24. The van der Waals surface area contributed by atoms with E-state index in [1.54, 1.807) is 13.1 Å². The van der Waals surface area contributed by atoms with E-state index in [0.29, 0.717) is 28.2 Å². The van der Waals surface area contributed by atoms with Crippen LogP contribution in [0.4, 0.5) is 5.82 Å². The molecule has 2 aromatic carbocycles. The molecule has 0 radical (unpaired) electrons. The van der Waals surface area contributed by atoms with Crippen molar-refractivity contribution in [3.05, 3.63) is 103 Å². The summed E-state index contributed by atoms with van der Waals surface area (Å²) in [6.07, 6.45) is 1.84. The van der Waals surface area contributed by atoms with Crippen molar-refractivity contribution in [2.45, 2.75) is 5.92 Å². The maximum atomic E-state index is 13.5. The average Bonchev–Trinajstić information content (AvgIpc) is 3.31. The van der Waals surface area contributed by atoms with Gasteiger partial charge >= 0.3 is 5.69 Å². The number of H-pyrrole nitrogens is 2. The summed E-state index contributed by atoms with van der Waals surface area (Å²) in [5, 5.41) is 4.16. The van der Waals surface area contributed by atoms with Crippen LogP contribution in [0.25, 0.3) is 16.6 Å². The minimum absolute atomic E-state index is 0.109. The first-order valence-corrected chi connectivity index (χ1v) is 9.60. The Kier molecular flexibility index (Phi) is 3.19. The summed E-state index contributed by atoms with van der Waals surface area (Å²) in [5.41, 5.74) is 3.65. The molecule has 0 bridgehead atoms. The predicted molar refractivity (Wildman–Crippen MR) is 114 cm³/mol. The molecule has 3 N–H and O–H groups in total. The van der Waals surface area contributed by atoms with E-state index in [2.05, 4.69) is 15.3 Å². The van der Waals surface area contributed by atoms with Gasteiger partial charge in [-0.25, -0.2) is 4.79 Å². The van der Waals surface area contributed by atoms with Crippen molar-refractivity contribution < 1.29 is 4.79 Å². The van der Waals surface area contributed by atoms with Crippen molar-refractivity contribution in [1.82, 2.24) is 14.5 Å². The number of aromatic amines is 2. The Labute approximate surface area is 169 Å². The van der Waals surface area contributed by atoms with Gasteiger partial charge in [-0.05, 0) is 11.6 Å². The number of nitrogens with one attached hydrogen (secondary N) is 3. The molecule has 3 heterocycles. The van der Waals surface area contributed by atoms with Crippen LogP contribution in [0.15, 0.2) is 69.9 Å². The summed E-state index contributed by atoms with van der Waals surface area (Å²) in [4.78, 5) is 44.4. The molecule has 0 spiro atoms. The number of fused-ring (bicyclic) bond motifs is 4. The molecule has 0 saturated heterocycles. The normalized spacial score (nSPS) is 17.0. The largest absolute Gasteiger partial charge is 0.361 e. The lowest BCUT2D eigenvalue weighted by Gasteiger charge is -2.28. The Morgan fingerprint density at radius 3 is 2.50 bits per heavy atom. The summed E-state index contributed by atoms with van der Waals surface area (Å²) >= 11 is 0. The van der Waals surface area contributed by atoms with Gasteiger partial charge in [0.2, 0.25) is 0 Å². The molecule has 1 aliphatic carbocycles. The summed E-state index contributed by atoms with van der Waals surface area (Å²) < 4.78 is 1.38. The molecule has 7 nitrogen and oxygen atoms in total. The topological polar surface area (TPSA) is 99.8 Å². The van der Waals surface area contributed by atoms with Gasteiger partial charge in [-0.1, -0.05) is 42.5 Å². The van der Waals surface area contributed by atoms with Crippen molar-refractivity contribution in [2.24, 2.45) is 7.05 Å². The van der Waals surface area contributed by atoms with Gasteiger partial charge in [0.15, 0.2) is 5.78 Å². The lowest BCUT2D eigenvalue weighted by molar-refractivity contribution is 0.103. The van der Waals surface area contributed by atoms with Gasteiger partial charge in [0.05, 0.1) is 17.2 Å². The van der Waals surface area contributed by atoms with E-state index >= 15 is 0 Å². The fourth-order valence-electron chi connectivity index (χ4n) is 4.68. The molecule has 0 fully saturated rings. The predicted octanol–water partition coefficient (Wildman–Crippen LogP) is 2.72. The minimum atomic E-state index is -0.608. The monoisotopic (exact) mass is 396 g/mol. The second-order valence-corrected chi connectivity index (χ2v) is 7.59. The van der Waals surface area contributed by atoms with Crippen LogP contribution < -0.4 is 16.6 Å². The fourth-order valence-corrected chi connectivity index (χ4v) is 4.68. The SMILES string of the molecule is Cn1c2c(c(=O)[nH]c1=O)[C@H](c1c[nH]c3ccccc13)C1=C(N2)c2ccccc2C1=O. The standard InChI is InChI=1S/C23H16N4O3/c1-27-21-18(22(29)26-23(27)30)16(14-10-24-15-9-5-4-6-11(14)15)17-19(25-21)12-7-2-3-8-13(12)20(17)28/h2-10,16,24-25H,1H3,(H,26,29,30)/t16-/m1/s1. The van der Waals surface area contributed by atoms with E-state index in [0.717, 1.165) is 22.0 Å². The molecular weight excluding hydrogens is 380 g/mol. The maximum Gasteiger partial charge on any atom is 0.329 e. The average molecular weight is 396 g/mol. The van der Waals surface area contributed by atoms with Crippen LogP contribution in [0.5, 0.6) is 0 Å². The van der Waals surface area contributed by atoms with Crippen LogP contribution >= 0.6 is 0 Å². The van der Waals surface area contributed by atoms with Gasteiger partial charge in [0.25, 0.3) is 5.56 Å². The molecule has 30 heavy (non-hydrogen) atoms. The first-order chi connectivity index (χ1) is 14.6. The van der Waals surface area contributed by atoms with Gasteiger partial charge in [-0.15, -0.1) is 0 Å². The number of ketones is 1. The molecule has 1 atom stereocenters. The molecule has 2 aromatic heterocycles. The third-order valence-corrected chi connectivity index (χ3v) is 6.07. The van der Waals surface area contributed by atoms with E-state index in [9.17, 15) is 14.4 Å². The second kappa shape index (κ2) is 5.70. The third-order valence-electron chi connectivity index (χ3n) is 6.07. The molecule has 2 aliphatic rings. The van der Waals surface area contributed by atoms with Crippen LogP contribution in [0.2, 0.25) is 0 Å². The molecule has 0 saturated carbocycles. The van der Waals surface area contributed by atoms with Crippen molar-refractivity contribution >= 4 is 28.2 Å². The summed E-state index contributed by atoms with van der Waals surface area (Å²) in [6.45, 7) is 0. The zero-order chi connectivity index (χ0) is 20.6. The van der Waals surface area contributed by atoms with Crippen molar-refractivity contribution in [2.75, 3.05) is 5.32 Å². The minimum Gasteiger partial charge on any atom is -0.361 e. The molecular formula is C23H16N4O3. The number of hydrogen-bond acceptors (Lipinski definition) is 4. The second-order valence-electron chi connectivity index (χ2n) is 7.59. The van der Waals surface area contributed by atoms with E-state index < -0.39 is 17.2 Å². The molecule has 146 valence electrons. The van der Waals surface area contributed by atoms with Crippen LogP contribution in [-0.2, 0) is 7.05 Å². The van der Waals surface area contributed by atoms with Crippen molar-refractivity contribution in [3.8, 4) is 0 Å². The molecule has 4 aromatic rings. The van der Waals surface area contributed by atoms with Crippen LogP contribution in [-0.4, -0.2) is 20.3 Å². The lowest BCUT2D eigenvalue weighted by Crippen LogP contribution is -2.37. The summed E-state index contributed by atoms with van der Waals surface area (Å²) in [7, 11) is 1.60. The highest BCUT2D eigenvalue weighted by Crippen LogP contribution is 2.48. The van der Waals surface area contributed by atoms with E-state index in [-0.39, 0.29) is 5.78 Å². The summed E-state index contributed by atoms with van der Waals surface area (Å²) in [5.74, 6) is -0.313. The number of carbonyl (C=O) groups excluding carboxylic acids is 1. The number of hydrogen-bond donors (Lipinski definition) is 3. The van der Waals surface area contributed by atoms with Gasteiger partial charge < -0.3 is 10.3 Å². The zero-order valence-electron chi connectivity index (χ0n) is 15.9. The Morgan fingerprint density at radius 1 is 0.933 bits per heavy atom. The number of nitrogens with zero attached hydrogens (tertiary/aromatic N) is 1. The Balaban J connectivity index is 1.74. The lowest BCUT2D eigenvalue weighted by atomic mass is 9.81. The number of Topliss-reactive ketones (excluding diaryl/α,β-unsaturated/α-hetero) is 1. The number of allylic oxidation sites excluding steroid dienone is 1. The Bertz CT molecular complexity index is 1550. The first-order valence-electron chi connectivity index (χ1n) is 9.60. The van der Waals surface area contributed by atoms with E-state index in [1.165, 1.54) is 4.57 Å². The number of aromatic nitrogens is 3. The van der Waals surface area contributed by atoms with Crippen LogP contribution in [0.1, 0.15) is 33.0 Å². The number of anilines is 1. The zero-order valence-corrected chi connectivity index (χ0v) is 15.9. The number of para-hydroxylation sites is 1. The Morgan fingerprint density at radius 2 is 1.67 bits per heavy atom. The number of benzene rings is 2. The van der Waals surface area contributed by atoms with Gasteiger partial charge in [-0.3, -0.25) is 19.1 Å². The highest BCUT2D eigenvalue weighted by Gasteiger charge is 2.42. The van der Waals surface area contributed by atoms with Crippen LogP contribution in [0.3, 0.4) is 0 Å². The first kappa shape index (κ1) is 16.8.